The van der Waals surface area contributed by atoms with Crippen molar-refractivity contribution in [3.63, 3.8) is 0 Å². The smallest absolute Gasteiger partial charge is 0.298 e. The Morgan fingerprint density at radius 2 is 1.64 bits per heavy atom. The van der Waals surface area contributed by atoms with Gasteiger partial charge in [-0.05, 0) is 29.8 Å². The Kier molecular flexibility index (Phi) is 5.74. The van der Waals surface area contributed by atoms with Gasteiger partial charge in [0.15, 0.2) is 0 Å². The summed E-state index contributed by atoms with van der Waals surface area (Å²) in [6.07, 6.45) is 1.69. The Labute approximate surface area is 161 Å². The third kappa shape index (κ3) is 4.37. The van der Waals surface area contributed by atoms with Crippen molar-refractivity contribution in [1.82, 2.24) is 4.57 Å². The molecule has 0 spiro atoms. The number of nitrogens with zero attached hydrogens (tertiary/aromatic N) is 1. The number of methoxy groups -OCH3 is 2. The van der Waals surface area contributed by atoms with E-state index in [2.05, 4.69) is 5.32 Å². The van der Waals surface area contributed by atoms with Crippen LogP contribution >= 0.6 is 0 Å². The number of Topliss-reactive ketones (excluding diaryl/α,β-unsaturated/α-hetero) is 1. The number of ketones is 1. The number of halogens is 1. The molecule has 0 bridgehead atoms. The first-order valence-electron chi connectivity index (χ1n) is 8.48. The normalized spacial score (nSPS) is 10.4. The molecule has 3 aromatic rings. The van der Waals surface area contributed by atoms with Crippen LogP contribution in [0.25, 0.3) is 0 Å². The zero-order valence-electron chi connectivity index (χ0n) is 15.4. The number of aromatic nitrogens is 1. The molecule has 0 unspecified atom stereocenters. The number of carbonyl (C=O) groups is 2. The first kappa shape index (κ1) is 19.2. The van der Waals surface area contributed by atoms with Crippen LogP contribution in [0.2, 0.25) is 0 Å². The lowest BCUT2D eigenvalue weighted by atomic mass is 10.2. The van der Waals surface area contributed by atoms with Crippen LogP contribution in [0, 0.1) is 5.82 Å². The second-order valence-corrected chi connectivity index (χ2v) is 6.03. The summed E-state index contributed by atoms with van der Waals surface area (Å²) in [7, 11) is 2.99. The van der Waals surface area contributed by atoms with Crippen LogP contribution in [0.1, 0.15) is 16.1 Å². The molecule has 144 valence electrons. The van der Waals surface area contributed by atoms with E-state index in [1.165, 1.54) is 26.4 Å². The van der Waals surface area contributed by atoms with Gasteiger partial charge in [0.1, 0.15) is 17.3 Å². The van der Waals surface area contributed by atoms with Gasteiger partial charge in [0.25, 0.3) is 11.7 Å². The van der Waals surface area contributed by atoms with E-state index in [4.69, 9.17) is 9.47 Å². The van der Waals surface area contributed by atoms with E-state index in [1.807, 2.05) is 0 Å². The molecule has 0 aliphatic rings. The quantitative estimate of drug-likeness (QED) is 0.501. The maximum atomic E-state index is 13.1. The molecule has 1 aromatic heterocycles. The number of ether oxygens (including phenoxy) is 2. The van der Waals surface area contributed by atoms with Crippen molar-refractivity contribution in [1.29, 1.82) is 0 Å². The predicted molar refractivity (Wildman–Crippen MR) is 102 cm³/mol. The number of rotatable bonds is 7. The molecule has 1 amide bonds. The van der Waals surface area contributed by atoms with Crippen molar-refractivity contribution in [2.45, 2.75) is 6.54 Å². The van der Waals surface area contributed by atoms with Crippen LogP contribution in [0.15, 0.2) is 60.8 Å². The van der Waals surface area contributed by atoms with Gasteiger partial charge in [-0.25, -0.2) is 4.39 Å². The summed E-state index contributed by atoms with van der Waals surface area (Å²) in [6.45, 7) is 0.342. The maximum absolute atomic E-state index is 13.1. The molecule has 1 N–H and O–H groups in total. The minimum atomic E-state index is -0.783. The molecule has 0 fully saturated rings. The summed E-state index contributed by atoms with van der Waals surface area (Å²) in [5.41, 5.74) is 1.42. The number of nitrogens with one attached hydrogen (secondary N) is 1. The summed E-state index contributed by atoms with van der Waals surface area (Å²) in [4.78, 5) is 25.1. The molecule has 28 heavy (non-hydrogen) atoms. The topological polar surface area (TPSA) is 69.6 Å². The molecule has 6 nitrogen and oxygen atoms in total. The van der Waals surface area contributed by atoms with Gasteiger partial charge in [0.2, 0.25) is 0 Å². The lowest BCUT2D eigenvalue weighted by Crippen LogP contribution is -2.25. The van der Waals surface area contributed by atoms with Gasteiger partial charge in [-0.3, -0.25) is 9.59 Å². The molecule has 2 aromatic carbocycles. The number of carbonyl (C=O) groups excluding carboxylic acids is 2. The van der Waals surface area contributed by atoms with Gasteiger partial charge < -0.3 is 19.4 Å². The molecular weight excluding hydrogens is 363 g/mol. The molecule has 0 radical (unpaired) electrons. The van der Waals surface area contributed by atoms with Crippen LogP contribution in [0.4, 0.5) is 10.1 Å². The summed E-state index contributed by atoms with van der Waals surface area (Å²) >= 11 is 0. The second kappa shape index (κ2) is 8.39. The Morgan fingerprint density at radius 1 is 1.00 bits per heavy atom. The van der Waals surface area contributed by atoms with E-state index in [9.17, 15) is 14.0 Å². The highest BCUT2D eigenvalue weighted by Gasteiger charge is 2.20. The van der Waals surface area contributed by atoms with Gasteiger partial charge >= 0.3 is 0 Å². The van der Waals surface area contributed by atoms with Gasteiger partial charge in [-0.15, -0.1) is 0 Å². The van der Waals surface area contributed by atoms with E-state index < -0.39 is 11.7 Å². The molecule has 7 heteroatoms. The largest absolute Gasteiger partial charge is 0.497 e. The van der Waals surface area contributed by atoms with Gasteiger partial charge in [-0.1, -0.05) is 12.1 Å². The fraction of sp³-hybridized carbons (Fsp3) is 0.143. The van der Waals surface area contributed by atoms with Gasteiger partial charge in [0.05, 0.1) is 19.9 Å². The first-order chi connectivity index (χ1) is 13.5. The van der Waals surface area contributed by atoms with Crippen molar-refractivity contribution in [3.8, 4) is 11.5 Å². The fourth-order valence-electron chi connectivity index (χ4n) is 2.73. The van der Waals surface area contributed by atoms with E-state index in [0.717, 1.165) is 5.56 Å². The number of hydrogen-bond donors (Lipinski definition) is 1. The second-order valence-electron chi connectivity index (χ2n) is 6.03. The highest BCUT2D eigenvalue weighted by molar-refractivity contribution is 6.46. The molecule has 0 saturated carbocycles. The highest BCUT2D eigenvalue weighted by Crippen LogP contribution is 2.26. The van der Waals surface area contributed by atoms with Crippen LogP contribution < -0.4 is 14.8 Å². The predicted octanol–water partition coefficient (Wildman–Crippen LogP) is 3.51. The Hall–Kier alpha value is -3.61. The molecule has 0 aliphatic carbocycles. The van der Waals surface area contributed by atoms with Crippen LogP contribution in [-0.2, 0) is 11.3 Å². The lowest BCUT2D eigenvalue weighted by Gasteiger charge is -2.11. The molecular formula is C21H19FN2O4. The standard InChI is InChI=1S/C21H19FN2O4/c1-27-17-10-16(11-18(12-17)28-2)23-21(26)20(25)19-4-3-9-24(19)13-14-5-7-15(22)8-6-14/h3-12H,13H2,1-2H3,(H,23,26). The number of amides is 1. The summed E-state index contributed by atoms with van der Waals surface area (Å²) in [5.74, 6) is -0.826. The molecule has 0 aliphatic heterocycles. The van der Waals surface area contributed by atoms with Crippen molar-refractivity contribution < 1.29 is 23.5 Å². The average molecular weight is 382 g/mol. The zero-order valence-corrected chi connectivity index (χ0v) is 15.4. The number of hydrogen-bond acceptors (Lipinski definition) is 4. The van der Waals surface area contributed by atoms with E-state index >= 15 is 0 Å². The number of benzene rings is 2. The minimum absolute atomic E-state index is 0.233. The monoisotopic (exact) mass is 382 g/mol. The summed E-state index contributed by atoms with van der Waals surface area (Å²) in [6, 6.07) is 14.0. The zero-order chi connectivity index (χ0) is 20.1. The SMILES string of the molecule is COc1cc(NC(=O)C(=O)c2cccn2Cc2ccc(F)cc2)cc(OC)c1. The Bertz CT molecular complexity index is 974. The van der Waals surface area contributed by atoms with Crippen molar-refractivity contribution in [2.75, 3.05) is 19.5 Å². The lowest BCUT2D eigenvalue weighted by molar-refractivity contribution is -0.112. The van der Waals surface area contributed by atoms with Gasteiger partial charge in [-0.2, -0.15) is 0 Å². The average Bonchev–Trinajstić information content (AvgIpc) is 3.16. The van der Waals surface area contributed by atoms with Crippen LogP contribution in [0.3, 0.4) is 0 Å². The van der Waals surface area contributed by atoms with Crippen molar-refractivity contribution >= 4 is 17.4 Å². The maximum Gasteiger partial charge on any atom is 0.298 e. The molecule has 0 atom stereocenters. The van der Waals surface area contributed by atoms with Gasteiger partial charge in [0, 0.05) is 36.6 Å². The third-order valence-corrected chi connectivity index (χ3v) is 4.14. The first-order valence-corrected chi connectivity index (χ1v) is 8.48. The summed E-state index contributed by atoms with van der Waals surface area (Å²) < 4.78 is 25.0. The molecule has 1 heterocycles. The third-order valence-electron chi connectivity index (χ3n) is 4.14. The van der Waals surface area contributed by atoms with Crippen molar-refractivity contribution in [2.24, 2.45) is 0 Å². The van der Waals surface area contributed by atoms with E-state index in [0.29, 0.717) is 23.7 Å². The highest BCUT2D eigenvalue weighted by atomic mass is 19.1. The molecule has 0 saturated heterocycles. The van der Waals surface area contributed by atoms with E-state index in [1.54, 1.807) is 53.2 Å². The fourth-order valence-corrected chi connectivity index (χ4v) is 2.73. The van der Waals surface area contributed by atoms with Crippen LogP contribution in [0.5, 0.6) is 11.5 Å². The van der Waals surface area contributed by atoms with E-state index in [-0.39, 0.29) is 11.5 Å². The van der Waals surface area contributed by atoms with Crippen molar-refractivity contribution in [3.05, 3.63) is 77.9 Å². The number of anilines is 1. The summed E-state index contributed by atoms with van der Waals surface area (Å²) in [5, 5.41) is 2.57. The Balaban J connectivity index is 1.76. The Morgan fingerprint density at radius 3 is 2.25 bits per heavy atom. The van der Waals surface area contributed by atoms with Crippen LogP contribution in [-0.4, -0.2) is 30.5 Å². The minimum Gasteiger partial charge on any atom is -0.497 e. The molecule has 3 rings (SSSR count).